The quantitative estimate of drug-likeness (QED) is 0.392. The SMILES string of the molecule is Cc1cc2oc3c(c(=O)c2cc1C)C(c1cccc(OCCC(C)C)c1)N(CCCN1CCOCC1)C3=O. The van der Waals surface area contributed by atoms with Crippen LogP contribution >= 0.6 is 0 Å². The highest BCUT2D eigenvalue weighted by Gasteiger charge is 2.42. The van der Waals surface area contributed by atoms with Crippen LogP contribution in [0.25, 0.3) is 11.0 Å². The zero-order valence-electron chi connectivity index (χ0n) is 22.9. The molecule has 1 amide bonds. The first-order chi connectivity index (χ1) is 18.3. The molecule has 3 heterocycles. The Morgan fingerprint density at radius 2 is 1.79 bits per heavy atom. The van der Waals surface area contributed by atoms with Gasteiger partial charge in [0.2, 0.25) is 5.76 Å². The predicted molar refractivity (Wildman–Crippen MR) is 148 cm³/mol. The Labute approximate surface area is 224 Å². The molecule has 0 saturated carbocycles. The van der Waals surface area contributed by atoms with Crippen LogP contribution in [0.5, 0.6) is 5.75 Å². The van der Waals surface area contributed by atoms with E-state index in [9.17, 15) is 9.59 Å². The van der Waals surface area contributed by atoms with E-state index in [2.05, 4.69) is 18.7 Å². The Balaban J connectivity index is 1.51. The van der Waals surface area contributed by atoms with Crippen LogP contribution < -0.4 is 10.2 Å². The van der Waals surface area contributed by atoms with E-state index in [4.69, 9.17) is 13.9 Å². The van der Waals surface area contributed by atoms with Crippen molar-refractivity contribution in [1.29, 1.82) is 0 Å². The lowest BCUT2D eigenvalue weighted by Crippen LogP contribution is -2.38. The van der Waals surface area contributed by atoms with Crippen molar-refractivity contribution in [2.24, 2.45) is 5.92 Å². The molecule has 38 heavy (non-hydrogen) atoms. The zero-order chi connectivity index (χ0) is 26.8. The largest absolute Gasteiger partial charge is 0.494 e. The van der Waals surface area contributed by atoms with Crippen molar-refractivity contribution in [3.63, 3.8) is 0 Å². The summed E-state index contributed by atoms with van der Waals surface area (Å²) in [5, 5.41) is 0.518. The van der Waals surface area contributed by atoms with Gasteiger partial charge in [0.15, 0.2) is 5.43 Å². The van der Waals surface area contributed by atoms with E-state index in [1.54, 1.807) is 0 Å². The van der Waals surface area contributed by atoms with Crippen LogP contribution in [0.4, 0.5) is 0 Å². The molecule has 2 aliphatic heterocycles. The molecule has 5 rings (SSSR count). The number of hydrogen-bond donors (Lipinski definition) is 0. The van der Waals surface area contributed by atoms with E-state index in [-0.39, 0.29) is 17.1 Å². The number of carbonyl (C=O) groups is 1. The second-order valence-electron chi connectivity index (χ2n) is 10.9. The maximum atomic E-state index is 13.9. The zero-order valence-corrected chi connectivity index (χ0v) is 22.9. The minimum absolute atomic E-state index is 0.135. The molecule has 7 heteroatoms. The minimum Gasteiger partial charge on any atom is -0.494 e. The van der Waals surface area contributed by atoms with E-state index in [0.717, 1.165) is 68.1 Å². The van der Waals surface area contributed by atoms with Crippen molar-refractivity contribution in [1.82, 2.24) is 9.80 Å². The number of aryl methyl sites for hydroxylation is 2. The highest BCUT2D eigenvalue weighted by atomic mass is 16.5. The predicted octanol–water partition coefficient (Wildman–Crippen LogP) is 5.10. The summed E-state index contributed by atoms with van der Waals surface area (Å²) in [5.41, 5.74) is 3.66. The molecule has 1 atom stereocenters. The van der Waals surface area contributed by atoms with Crippen molar-refractivity contribution < 1.29 is 18.7 Å². The summed E-state index contributed by atoms with van der Waals surface area (Å²) in [4.78, 5) is 31.9. The van der Waals surface area contributed by atoms with Crippen LogP contribution in [0.1, 0.15) is 65.5 Å². The van der Waals surface area contributed by atoms with E-state index < -0.39 is 6.04 Å². The van der Waals surface area contributed by atoms with E-state index >= 15 is 0 Å². The van der Waals surface area contributed by atoms with Gasteiger partial charge in [-0.2, -0.15) is 0 Å². The Kier molecular flexibility index (Phi) is 7.86. The Hall–Kier alpha value is -3.16. The molecule has 2 aromatic carbocycles. The number of rotatable bonds is 9. The van der Waals surface area contributed by atoms with Crippen LogP contribution in [0.15, 0.2) is 45.6 Å². The molecule has 0 spiro atoms. The fourth-order valence-electron chi connectivity index (χ4n) is 5.33. The monoisotopic (exact) mass is 518 g/mol. The van der Waals surface area contributed by atoms with E-state index in [0.29, 0.717) is 35.6 Å². The first-order valence-electron chi connectivity index (χ1n) is 13.7. The molecule has 2 aliphatic rings. The van der Waals surface area contributed by atoms with Crippen molar-refractivity contribution in [2.45, 2.75) is 46.6 Å². The van der Waals surface area contributed by atoms with Gasteiger partial charge in [-0.25, -0.2) is 0 Å². The van der Waals surface area contributed by atoms with Crippen LogP contribution in [0.3, 0.4) is 0 Å². The maximum Gasteiger partial charge on any atom is 0.290 e. The molecule has 1 unspecified atom stereocenters. The van der Waals surface area contributed by atoms with Crippen LogP contribution in [0.2, 0.25) is 0 Å². The van der Waals surface area contributed by atoms with Crippen LogP contribution in [-0.2, 0) is 4.74 Å². The lowest BCUT2D eigenvalue weighted by Gasteiger charge is -2.29. The topological polar surface area (TPSA) is 72.2 Å². The molecule has 0 aliphatic carbocycles. The summed E-state index contributed by atoms with van der Waals surface area (Å²) in [7, 11) is 0. The molecule has 3 aromatic rings. The number of amides is 1. The van der Waals surface area contributed by atoms with Crippen molar-refractivity contribution in [2.75, 3.05) is 46.0 Å². The third kappa shape index (κ3) is 5.36. The number of benzene rings is 2. The van der Waals surface area contributed by atoms with Gasteiger partial charge >= 0.3 is 0 Å². The normalized spacial score (nSPS) is 18.0. The van der Waals surface area contributed by atoms with Crippen LogP contribution in [-0.4, -0.2) is 61.7 Å². The molecule has 1 fully saturated rings. The lowest BCUT2D eigenvalue weighted by atomic mass is 9.97. The minimum atomic E-state index is -0.516. The second-order valence-corrected chi connectivity index (χ2v) is 10.9. The first kappa shape index (κ1) is 26.4. The summed E-state index contributed by atoms with van der Waals surface area (Å²) < 4.78 is 17.7. The molecule has 0 radical (unpaired) electrons. The van der Waals surface area contributed by atoms with E-state index in [1.807, 2.05) is 55.1 Å². The first-order valence-corrected chi connectivity index (χ1v) is 13.7. The van der Waals surface area contributed by atoms with Gasteiger partial charge in [-0.1, -0.05) is 26.0 Å². The standard InChI is InChI=1S/C31H38N2O5/c1-20(2)9-14-37-24-8-5-7-23(19-24)28-27-29(34)25-17-21(3)22(4)18-26(25)38-30(27)31(35)33(28)11-6-10-32-12-15-36-16-13-32/h5,7-8,17-20,28H,6,9-16H2,1-4H3. The van der Waals surface area contributed by atoms with Crippen molar-refractivity contribution in [3.8, 4) is 5.75 Å². The third-order valence-corrected chi connectivity index (χ3v) is 7.70. The van der Waals surface area contributed by atoms with Gasteiger partial charge in [-0.05, 0) is 73.6 Å². The Bertz CT molecular complexity index is 1370. The lowest BCUT2D eigenvalue weighted by molar-refractivity contribution is 0.0353. The van der Waals surface area contributed by atoms with Gasteiger partial charge in [0.05, 0.1) is 36.8 Å². The summed E-state index contributed by atoms with van der Waals surface area (Å²) in [5.74, 6) is 1.22. The number of nitrogens with zero attached hydrogens (tertiary/aromatic N) is 2. The summed E-state index contributed by atoms with van der Waals surface area (Å²) >= 11 is 0. The molecule has 202 valence electrons. The molecule has 7 nitrogen and oxygen atoms in total. The number of morpholine rings is 1. The molecular formula is C31H38N2O5. The average Bonchev–Trinajstić information content (AvgIpc) is 3.17. The highest BCUT2D eigenvalue weighted by molar-refractivity contribution is 5.99. The number of hydrogen-bond acceptors (Lipinski definition) is 6. The average molecular weight is 519 g/mol. The van der Waals surface area contributed by atoms with Crippen molar-refractivity contribution >= 4 is 16.9 Å². The van der Waals surface area contributed by atoms with Crippen molar-refractivity contribution in [3.05, 3.63) is 74.6 Å². The van der Waals surface area contributed by atoms with Gasteiger partial charge in [0.25, 0.3) is 5.91 Å². The molecule has 0 bridgehead atoms. The molecule has 1 saturated heterocycles. The summed E-state index contributed by atoms with van der Waals surface area (Å²) in [6.45, 7) is 13.6. The number of ether oxygens (including phenoxy) is 2. The smallest absolute Gasteiger partial charge is 0.290 e. The fourth-order valence-corrected chi connectivity index (χ4v) is 5.33. The van der Waals surface area contributed by atoms with Crippen LogP contribution in [0, 0.1) is 19.8 Å². The number of carbonyl (C=O) groups excluding carboxylic acids is 1. The molecule has 1 aromatic heterocycles. The summed E-state index contributed by atoms with van der Waals surface area (Å²) in [6.07, 6.45) is 1.75. The second kappa shape index (κ2) is 11.3. The maximum absolute atomic E-state index is 13.9. The molecular weight excluding hydrogens is 480 g/mol. The number of fused-ring (bicyclic) bond motifs is 2. The van der Waals surface area contributed by atoms with Gasteiger partial charge in [-0.3, -0.25) is 14.5 Å². The van der Waals surface area contributed by atoms with Gasteiger partial charge in [0.1, 0.15) is 11.3 Å². The van der Waals surface area contributed by atoms with E-state index in [1.165, 1.54) is 0 Å². The van der Waals surface area contributed by atoms with Gasteiger partial charge in [-0.15, -0.1) is 0 Å². The van der Waals surface area contributed by atoms with Gasteiger partial charge in [0, 0.05) is 26.2 Å². The van der Waals surface area contributed by atoms with Gasteiger partial charge < -0.3 is 18.8 Å². The fraction of sp³-hybridized carbons (Fsp3) is 0.484. The molecule has 0 N–H and O–H groups in total. The Morgan fingerprint density at radius 1 is 1.03 bits per heavy atom. The summed E-state index contributed by atoms with van der Waals surface area (Å²) in [6, 6.07) is 11.0. The third-order valence-electron chi connectivity index (χ3n) is 7.70. The highest BCUT2D eigenvalue weighted by Crippen LogP contribution is 2.39. The Morgan fingerprint density at radius 3 is 2.55 bits per heavy atom.